The first-order chi connectivity index (χ1) is 10.3. The van der Waals surface area contributed by atoms with Crippen LogP contribution in [0.15, 0.2) is 18.2 Å². The van der Waals surface area contributed by atoms with Gasteiger partial charge in [-0.1, -0.05) is 24.1 Å². The fourth-order valence-corrected chi connectivity index (χ4v) is 2.84. The molecule has 2 aromatic rings. The lowest BCUT2D eigenvalue weighted by atomic mass is 10.1. The molecule has 0 atom stereocenters. The zero-order chi connectivity index (χ0) is 14.7. The van der Waals surface area contributed by atoms with E-state index in [1.807, 2.05) is 6.07 Å². The minimum absolute atomic E-state index is 0.697. The molecule has 0 unspecified atom stereocenters. The number of anilines is 1. The Morgan fingerprint density at radius 3 is 3.00 bits per heavy atom. The van der Waals surface area contributed by atoms with Crippen LogP contribution in [0, 0.1) is 6.92 Å². The number of nitrogens with one attached hydrogen (secondary N) is 1. The average Bonchev–Trinajstić information content (AvgIpc) is 2.72. The fraction of sp³-hybridized carbons (Fsp3) is 0.500. The standard InChI is InChI=1S/C16H22N4O/c1-12-7-8-14(21-2)13(10-12)11-17-16-19-18-15-6-4-3-5-9-20(15)16/h7-8,10H,3-6,9,11H2,1-2H3,(H,17,19). The van der Waals surface area contributed by atoms with Crippen LogP contribution in [-0.4, -0.2) is 21.9 Å². The van der Waals surface area contributed by atoms with Crippen molar-refractivity contribution < 1.29 is 4.74 Å². The summed E-state index contributed by atoms with van der Waals surface area (Å²) in [5, 5.41) is 12.0. The van der Waals surface area contributed by atoms with Gasteiger partial charge in [0.1, 0.15) is 11.6 Å². The highest BCUT2D eigenvalue weighted by Gasteiger charge is 2.14. The van der Waals surface area contributed by atoms with Gasteiger partial charge in [-0.25, -0.2) is 0 Å². The van der Waals surface area contributed by atoms with Crippen molar-refractivity contribution in [3.8, 4) is 5.75 Å². The minimum Gasteiger partial charge on any atom is -0.496 e. The van der Waals surface area contributed by atoms with Gasteiger partial charge in [0.2, 0.25) is 5.95 Å². The van der Waals surface area contributed by atoms with Crippen molar-refractivity contribution in [1.29, 1.82) is 0 Å². The van der Waals surface area contributed by atoms with Gasteiger partial charge in [0.15, 0.2) is 0 Å². The van der Waals surface area contributed by atoms with Crippen molar-refractivity contribution >= 4 is 5.95 Å². The molecule has 0 bridgehead atoms. The minimum atomic E-state index is 0.697. The molecule has 5 heteroatoms. The second-order valence-corrected chi connectivity index (χ2v) is 5.57. The van der Waals surface area contributed by atoms with Gasteiger partial charge in [-0.05, 0) is 25.8 Å². The number of ether oxygens (including phenoxy) is 1. The summed E-state index contributed by atoms with van der Waals surface area (Å²) in [6.45, 7) is 3.80. The topological polar surface area (TPSA) is 52.0 Å². The summed E-state index contributed by atoms with van der Waals surface area (Å²) in [6.07, 6.45) is 4.72. The summed E-state index contributed by atoms with van der Waals surface area (Å²) < 4.78 is 7.64. The van der Waals surface area contributed by atoms with Gasteiger partial charge in [-0.2, -0.15) is 0 Å². The molecule has 5 nitrogen and oxygen atoms in total. The highest BCUT2D eigenvalue weighted by atomic mass is 16.5. The number of benzene rings is 1. The molecular weight excluding hydrogens is 264 g/mol. The SMILES string of the molecule is COc1ccc(C)cc1CNc1nnc2n1CCCCC2. The van der Waals surface area contributed by atoms with Crippen LogP contribution in [0.3, 0.4) is 0 Å². The Hall–Kier alpha value is -2.04. The second-order valence-electron chi connectivity index (χ2n) is 5.57. The average molecular weight is 286 g/mol. The predicted molar refractivity (Wildman–Crippen MR) is 82.6 cm³/mol. The molecule has 1 aliphatic heterocycles. The molecule has 0 fully saturated rings. The highest BCUT2D eigenvalue weighted by molar-refractivity contribution is 5.39. The Balaban J connectivity index is 1.76. The van der Waals surface area contributed by atoms with Crippen LogP contribution in [0.25, 0.3) is 0 Å². The van der Waals surface area contributed by atoms with E-state index in [1.165, 1.54) is 24.8 Å². The first-order valence-corrected chi connectivity index (χ1v) is 7.57. The Bertz CT molecular complexity index is 621. The molecule has 0 aliphatic carbocycles. The van der Waals surface area contributed by atoms with Crippen LogP contribution < -0.4 is 10.1 Å². The first kappa shape index (κ1) is 13.9. The van der Waals surface area contributed by atoms with Crippen molar-refractivity contribution in [1.82, 2.24) is 14.8 Å². The largest absolute Gasteiger partial charge is 0.496 e. The maximum Gasteiger partial charge on any atom is 0.224 e. The predicted octanol–water partition coefficient (Wildman–Crippen LogP) is 2.93. The zero-order valence-electron chi connectivity index (χ0n) is 12.7. The van der Waals surface area contributed by atoms with E-state index in [2.05, 4.69) is 39.1 Å². The Kier molecular flexibility index (Phi) is 4.08. The van der Waals surface area contributed by atoms with Gasteiger partial charge in [0, 0.05) is 25.1 Å². The van der Waals surface area contributed by atoms with E-state index in [4.69, 9.17) is 4.74 Å². The lowest BCUT2D eigenvalue weighted by Crippen LogP contribution is -2.09. The summed E-state index contributed by atoms with van der Waals surface area (Å²) in [4.78, 5) is 0. The number of nitrogens with zero attached hydrogens (tertiary/aromatic N) is 3. The lowest BCUT2D eigenvalue weighted by Gasteiger charge is -2.12. The molecule has 0 spiro atoms. The molecule has 0 amide bonds. The molecule has 2 heterocycles. The molecule has 1 aliphatic rings. The van der Waals surface area contributed by atoms with Crippen LogP contribution in [0.4, 0.5) is 5.95 Å². The molecule has 112 valence electrons. The number of hydrogen-bond donors (Lipinski definition) is 1. The van der Waals surface area contributed by atoms with E-state index in [1.54, 1.807) is 7.11 Å². The molecule has 0 saturated carbocycles. The highest BCUT2D eigenvalue weighted by Crippen LogP contribution is 2.22. The van der Waals surface area contributed by atoms with Crippen molar-refractivity contribution in [2.24, 2.45) is 0 Å². The number of fused-ring (bicyclic) bond motifs is 1. The Morgan fingerprint density at radius 2 is 2.14 bits per heavy atom. The molecule has 1 N–H and O–H groups in total. The number of aromatic nitrogens is 3. The van der Waals surface area contributed by atoms with Gasteiger partial charge in [-0.3, -0.25) is 4.57 Å². The van der Waals surface area contributed by atoms with Crippen LogP contribution in [0.5, 0.6) is 5.75 Å². The van der Waals surface area contributed by atoms with E-state index >= 15 is 0 Å². The van der Waals surface area contributed by atoms with Crippen molar-refractivity contribution in [3.05, 3.63) is 35.2 Å². The number of hydrogen-bond acceptors (Lipinski definition) is 4. The molecular formula is C16H22N4O. The summed E-state index contributed by atoms with van der Waals surface area (Å²) in [5.41, 5.74) is 2.37. The quantitative estimate of drug-likeness (QED) is 0.939. The fourth-order valence-electron chi connectivity index (χ4n) is 2.84. The Labute approximate surface area is 125 Å². The van der Waals surface area contributed by atoms with E-state index in [-0.39, 0.29) is 0 Å². The molecule has 1 aromatic heterocycles. The smallest absolute Gasteiger partial charge is 0.224 e. The van der Waals surface area contributed by atoms with Gasteiger partial charge in [0.25, 0.3) is 0 Å². The van der Waals surface area contributed by atoms with Crippen LogP contribution in [0.1, 0.15) is 36.2 Å². The zero-order valence-corrected chi connectivity index (χ0v) is 12.7. The van der Waals surface area contributed by atoms with E-state index < -0.39 is 0 Å². The monoisotopic (exact) mass is 286 g/mol. The maximum atomic E-state index is 5.42. The molecule has 1 aromatic carbocycles. The van der Waals surface area contributed by atoms with E-state index in [9.17, 15) is 0 Å². The van der Waals surface area contributed by atoms with Gasteiger partial charge >= 0.3 is 0 Å². The summed E-state index contributed by atoms with van der Waals surface area (Å²) in [6, 6.07) is 6.22. The number of rotatable bonds is 4. The third kappa shape index (κ3) is 3.01. The third-order valence-corrected chi connectivity index (χ3v) is 3.98. The van der Waals surface area contributed by atoms with E-state index in [0.717, 1.165) is 36.1 Å². The van der Waals surface area contributed by atoms with Crippen molar-refractivity contribution in [2.75, 3.05) is 12.4 Å². The van der Waals surface area contributed by atoms with Crippen molar-refractivity contribution in [3.63, 3.8) is 0 Å². The normalized spacial score (nSPS) is 14.4. The summed E-state index contributed by atoms with van der Waals surface area (Å²) in [5.74, 6) is 2.88. The third-order valence-electron chi connectivity index (χ3n) is 3.98. The maximum absolute atomic E-state index is 5.42. The Morgan fingerprint density at radius 1 is 1.24 bits per heavy atom. The van der Waals surface area contributed by atoms with Gasteiger partial charge in [0.05, 0.1) is 7.11 Å². The van der Waals surface area contributed by atoms with Crippen LogP contribution in [0.2, 0.25) is 0 Å². The second kappa shape index (κ2) is 6.16. The van der Waals surface area contributed by atoms with Crippen LogP contribution >= 0.6 is 0 Å². The molecule has 3 rings (SSSR count). The molecule has 0 saturated heterocycles. The summed E-state index contributed by atoms with van der Waals surface area (Å²) in [7, 11) is 1.71. The van der Waals surface area contributed by atoms with Gasteiger partial charge in [-0.15, -0.1) is 10.2 Å². The van der Waals surface area contributed by atoms with Crippen LogP contribution in [-0.2, 0) is 19.5 Å². The van der Waals surface area contributed by atoms with Gasteiger partial charge < -0.3 is 10.1 Å². The molecule has 21 heavy (non-hydrogen) atoms. The first-order valence-electron chi connectivity index (χ1n) is 7.57. The molecule has 0 radical (unpaired) electrons. The number of methoxy groups -OCH3 is 1. The lowest BCUT2D eigenvalue weighted by molar-refractivity contribution is 0.410. The van der Waals surface area contributed by atoms with E-state index in [0.29, 0.717) is 6.54 Å². The summed E-state index contributed by atoms with van der Waals surface area (Å²) >= 11 is 0. The van der Waals surface area contributed by atoms with Crippen molar-refractivity contribution in [2.45, 2.75) is 45.7 Å². The number of aryl methyl sites for hydroxylation is 2.